The third-order valence-electron chi connectivity index (χ3n) is 3.00. The highest BCUT2D eigenvalue weighted by Gasteiger charge is 2.13. The SMILES string of the molecule is Nc1ccc(-c2nc(C(=O)Nc3ccc(Br)cc3)co2)cc1. The lowest BCUT2D eigenvalue weighted by Gasteiger charge is -2.02. The van der Waals surface area contributed by atoms with Gasteiger partial charge in [0.1, 0.15) is 6.26 Å². The third-order valence-corrected chi connectivity index (χ3v) is 3.53. The molecule has 3 N–H and O–H groups in total. The van der Waals surface area contributed by atoms with Gasteiger partial charge in [0.2, 0.25) is 5.89 Å². The predicted molar refractivity (Wildman–Crippen MR) is 88.4 cm³/mol. The summed E-state index contributed by atoms with van der Waals surface area (Å²) in [5, 5.41) is 2.76. The van der Waals surface area contributed by atoms with Crippen LogP contribution in [0.5, 0.6) is 0 Å². The van der Waals surface area contributed by atoms with E-state index in [9.17, 15) is 4.79 Å². The van der Waals surface area contributed by atoms with Gasteiger partial charge in [0, 0.05) is 21.4 Å². The maximum atomic E-state index is 12.1. The van der Waals surface area contributed by atoms with Crippen LogP contribution >= 0.6 is 15.9 Å². The number of amides is 1. The number of nitrogens with one attached hydrogen (secondary N) is 1. The molecule has 0 bridgehead atoms. The predicted octanol–water partition coefficient (Wildman–Crippen LogP) is 3.94. The van der Waals surface area contributed by atoms with Gasteiger partial charge in [-0.05, 0) is 48.5 Å². The molecule has 3 rings (SSSR count). The van der Waals surface area contributed by atoms with E-state index in [2.05, 4.69) is 26.2 Å². The van der Waals surface area contributed by atoms with Crippen LogP contribution in [-0.2, 0) is 0 Å². The zero-order valence-corrected chi connectivity index (χ0v) is 13.0. The van der Waals surface area contributed by atoms with E-state index in [1.54, 1.807) is 36.4 Å². The number of halogens is 1. The number of nitrogen functional groups attached to an aromatic ring is 1. The molecule has 110 valence electrons. The number of nitrogens with zero attached hydrogens (tertiary/aromatic N) is 1. The standard InChI is InChI=1S/C16H12BrN3O2/c17-11-3-7-13(8-4-11)19-15(21)14-9-22-16(20-14)10-1-5-12(18)6-2-10/h1-9H,18H2,(H,19,21). The molecule has 22 heavy (non-hydrogen) atoms. The first-order valence-corrected chi connectivity index (χ1v) is 7.29. The van der Waals surface area contributed by atoms with Crippen molar-refractivity contribution in [1.29, 1.82) is 0 Å². The Bertz CT molecular complexity index is 795. The van der Waals surface area contributed by atoms with Crippen LogP contribution in [0.4, 0.5) is 11.4 Å². The Kier molecular flexibility index (Phi) is 3.93. The van der Waals surface area contributed by atoms with E-state index < -0.39 is 0 Å². The summed E-state index contributed by atoms with van der Waals surface area (Å²) in [6, 6.07) is 14.4. The van der Waals surface area contributed by atoms with Gasteiger partial charge in [-0.2, -0.15) is 0 Å². The van der Waals surface area contributed by atoms with Crippen molar-refractivity contribution in [2.75, 3.05) is 11.1 Å². The molecular formula is C16H12BrN3O2. The molecule has 0 unspecified atom stereocenters. The van der Waals surface area contributed by atoms with Gasteiger partial charge in [0.15, 0.2) is 5.69 Å². The van der Waals surface area contributed by atoms with Gasteiger partial charge < -0.3 is 15.5 Å². The monoisotopic (exact) mass is 357 g/mol. The van der Waals surface area contributed by atoms with Crippen LogP contribution < -0.4 is 11.1 Å². The Morgan fingerprint density at radius 2 is 1.77 bits per heavy atom. The van der Waals surface area contributed by atoms with Crippen molar-refractivity contribution in [3.05, 3.63) is 65.0 Å². The molecule has 5 nitrogen and oxygen atoms in total. The van der Waals surface area contributed by atoms with Crippen LogP contribution in [0.25, 0.3) is 11.5 Å². The summed E-state index contributed by atoms with van der Waals surface area (Å²) in [5.74, 6) is 0.0497. The Morgan fingerprint density at radius 3 is 2.45 bits per heavy atom. The summed E-state index contributed by atoms with van der Waals surface area (Å²) in [4.78, 5) is 16.3. The molecule has 0 atom stereocenters. The normalized spacial score (nSPS) is 10.4. The largest absolute Gasteiger partial charge is 0.444 e. The number of anilines is 2. The molecule has 0 aliphatic rings. The van der Waals surface area contributed by atoms with Gasteiger partial charge in [0.25, 0.3) is 5.91 Å². The van der Waals surface area contributed by atoms with E-state index in [-0.39, 0.29) is 11.6 Å². The maximum absolute atomic E-state index is 12.1. The average molecular weight is 358 g/mol. The smallest absolute Gasteiger partial charge is 0.277 e. The van der Waals surface area contributed by atoms with Crippen molar-refractivity contribution < 1.29 is 9.21 Å². The van der Waals surface area contributed by atoms with Crippen molar-refractivity contribution in [1.82, 2.24) is 4.98 Å². The quantitative estimate of drug-likeness (QED) is 0.695. The van der Waals surface area contributed by atoms with Crippen LogP contribution in [0.1, 0.15) is 10.5 Å². The van der Waals surface area contributed by atoms with E-state index >= 15 is 0 Å². The average Bonchev–Trinajstić information content (AvgIpc) is 3.00. The van der Waals surface area contributed by atoms with Gasteiger partial charge >= 0.3 is 0 Å². The zero-order chi connectivity index (χ0) is 15.5. The number of carbonyl (C=O) groups excluding carboxylic acids is 1. The van der Waals surface area contributed by atoms with Crippen LogP contribution in [0.2, 0.25) is 0 Å². The molecule has 0 saturated carbocycles. The number of oxazole rings is 1. The van der Waals surface area contributed by atoms with Gasteiger partial charge in [-0.25, -0.2) is 4.98 Å². The highest BCUT2D eigenvalue weighted by Crippen LogP contribution is 2.20. The van der Waals surface area contributed by atoms with Crippen molar-refractivity contribution in [2.45, 2.75) is 0 Å². The van der Waals surface area contributed by atoms with E-state index in [4.69, 9.17) is 10.2 Å². The second-order valence-electron chi connectivity index (χ2n) is 4.62. The molecule has 1 amide bonds. The third kappa shape index (κ3) is 3.17. The molecule has 1 aromatic heterocycles. The van der Waals surface area contributed by atoms with Gasteiger partial charge in [0.05, 0.1) is 0 Å². The first-order chi connectivity index (χ1) is 10.6. The fourth-order valence-corrected chi connectivity index (χ4v) is 2.13. The molecule has 6 heteroatoms. The highest BCUT2D eigenvalue weighted by molar-refractivity contribution is 9.10. The molecular weight excluding hydrogens is 346 g/mol. The molecule has 0 saturated heterocycles. The summed E-state index contributed by atoms with van der Waals surface area (Å²) < 4.78 is 6.29. The Morgan fingerprint density at radius 1 is 1.09 bits per heavy atom. The van der Waals surface area contributed by atoms with Gasteiger partial charge in [-0.3, -0.25) is 4.79 Å². The summed E-state index contributed by atoms with van der Waals surface area (Å²) in [6.45, 7) is 0. The minimum absolute atomic E-state index is 0.217. The maximum Gasteiger partial charge on any atom is 0.277 e. The number of hydrogen-bond donors (Lipinski definition) is 2. The number of aromatic nitrogens is 1. The molecule has 0 aliphatic carbocycles. The molecule has 2 aromatic carbocycles. The van der Waals surface area contributed by atoms with E-state index in [1.165, 1.54) is 6.26 Å². The summed E-state index contributed by atoms with van der Waals surface area (Å²) >= 11 is 3.34. The highest BCUT2D eigenvalue weighted by atomic mass is 79.9. The molecule has 1 heterocycles. The Balaban J connectivity index is 1.76. The van der Waals surface area contributed by atoms with E-state index in [0.717, 1.165) is 10.0 Å². The van der Waals surface area contributed by atoms with Crippen molar-refractivity contribution in [3.8, 4) is 11.5 Å². The topological polar surface area (TPSA) is 81.1 Å². The lowest BCUT2D eigenvalue weighted by atomic mass is 10.2. The van der Waals surface area contributed by atoms with Crippen LogP contribution in [0, 0.1) is 0 Å². The lowest BCUT2D eigenvalue weighted by molar-refractivity contribution is 0.102. The van der Waals surface area contributed by atoms with Crippen molar-refractivity contribution >= 4 is 33.2 Å². The molecule has 0 radical (unpaired) electrons. The minimum Gasteiger partial charge on any atom is -0.444 e. The second-order valence-corrected chi connectivity index (χ2v) is 5.54. The van der Waals surface area contributed by atoms with Crippen molar-refractivity contribution in [2.24, 2.45) is 0 Å². The van der Waals surface area contributed by atoms with E-state index in [1.807, 2.05) is 12.1 Å². The van der Waals surface area contributed by atoms with Crippen LogP contribution in [-0.4, -0.2) is 10.9 Å². The Hall–Kier alpha value is -2.60. The fourth-order valence-electron chi connectivity index (χ4n) is 1.86. The summed E-state index contributed by atoms with van der Waals surface area (Å²) in [7, 11) is 0. The van der Waals surface area contributed by atoms with Crippen molar-refractivity contribution in [3.63, 3.8) is 0 Å². The minimum atomic E-state index is -0.326. The van der Waals surface area contributed by atoms with Crippen LogP contribution in [0.3, 0.4) is 0 Å². The first-order valence-electron chi connectivity index (χ1n) is 6.50. The number of benzene rings is 2. The second kappa shape index (κ2) is 6.03. The van der Waals surface area contributed by atoms with E-state index in [0.29, 0.717) is 17.3 Å². The number of carbonyl (C=O) groups is 1. The van der Waals surface area contributed by atoms with Crippen LogP contribution in [0.15, 0.2) is 63.7 Å². The number of rotatable bonds is 3. The molecule has 0 aliphatic heterocycles. The van der Waals surface area contributed by atoms with Gasteiger partial charge in [-0.15, -0.1) is 0 Å². The molecule has 0 fully saturated rings. The number of nitrogens with two attached hydrogens (primary N) is 1. The first kappa shape index (κ1) is 14.3. The zero-order valence-electron chi connectivity index (χ0n) is 11.4. The molecule has 3 aromatic rings. The lowest BCUT2D eigenvalue weighted by Crippen LogP contribution is -2.12. The summed E-state index contributed by atoms with van der Waals surface area (Å²) in [5.41, 5.74) is 7.96. The number of hydrogen-bond acceptors (Lipinski definition) is 4. The Labute approximate surface area is 135 Å². The van der Waals surface area contributed by atoms with Gasteiger partial charge in [-0.1, -0.05) is 15.9 Å². The fraction of sp³-hybridized carbons (Fsp3) is 0. The summed E-state index contributed by atoms with van der Waals surface area (Å²) in [6.07, 6.45) is 1.33. The molecule has 0 spiro atoms.